The van der Waals surface area contributed by atoms with Gasteiger partial charge in [0.15, 0.2) is 0 Å². The molecule has 0 aliphatic heterocycles. The number of rotatable bonds is 3. The number of hydrogen-bond acceptors (Lipinski definition) is 3. The number of primary amides is 1. The third-order valence-corrected chi connectivity index (χ3v) is 3.60. The molecule has 0 heterocycles. The molecule has 0 saturated heterocycles. The van der Waals surface area contributed by atoms with Crippen molar-refractivity contribution in [3.05, 3.63) is 4.91 Å². The van der Waals surface area contributed by atoms with Gasteiger partial charge in [0.1, 0.15) is 0 Å². The second kappa shape index (κ2) is 3.70. The topological polar surface area (TPSA) is 75.8 Å². The summed E-state index contributed by atoms with van der Waals surface area (Å²) in [4.78, 5) is 20.5. The second-order valence-corrected chi connectivity index (χ2v) is 14.9. The molecule has 0 aromatic heterocycles. The van der Waals surface area contributed by atoms with Crippen LogP contribution in [0.4, 0.5) is 4.79 Å². The molecule has 64 valence electrons. The van der Waals surface area contributed by atoms with E-state index in [-0.39, 0.29) is 0 Å². The zero-order valence-corrected chi connectivity index (χ0v) is 9.09. The number of hydrogen-bond donors (Lipinski definition) is 1. The van der Waals surface area contributed by atoms with Crippen LogP contribution in [-0.2, 0) is 0 Å². The Morgan fingerprint density at radius 3 is 2.09 bits per heavy atom. The van der Waals surface area contributed by atoms with Crippen LogP contribution in [0.25, 0.3) is 0 Å². The summed E-state index contributed by atoms with van der Waals surface area (Å²) in [6.45, 7) is 0. The summed E-state index contributed by atoms with van der Waals surface area (Å²) >= 11 is -1.93. The van der Waals surface area contributed by atoms with Gasteiger partial charge >= 0.3 is 67.7 Å². The summed E-state index contributed by atoms with van der Waals surface area (Å²) in [5.41, 5.74) is 4.88. The third-order valence-electron chi connectivity index (χ3n) is 0.977. The van der Waals surface area contributed by atoms with E-state index in [1.54, 1.807) is 0 Å². The van der Waals surface area contributed by atoms with Crippen LogP contribution in [0.1, 0.15) is 0 Å². The van der Waals surface area contributed by atoms with E-state index in [0.717, 1.165) is 5.01 Å². The van der Waals surface area contributed by atoms with E-state index >= 15 is 0 Å². The fourth-order valence-corrected chi connectivity index (χ4v) is 2.93. The van der Waals surface area contributed by atoms with E-state index in [0.29, 0.717) is 5.38 Å². The average Bonchev–Trinajstić information content (AvgIpc) is 1.80. The minimum atomic E-state index is -1.93. The van der Waals surface area contributed by atoms with E-state index in [9.17, 15) is 9.70 Å². The van der Waals surface area contributed by atoms with Gasteiger partial charge in [-0.25, -0.2) is 0 Å². The molecule has 0 aliphatic rings. The predicted molar refractivity (Wildman–Crippen MR) is 45.4 cm³/mol. The summed E-state index contributed by atoms with van der Waals surface area (Å²) in [6.07, 6.45) is 0. The van der Waals surface area contributed by atoms with Gasteiger partial charge in [0, 0.05) is 0 Å². The van der Waals surface area contributed by atoms with Crippen molar-refractivity contribution in [3.63, 3.8) is 0 Å². The van der Waals surface area contributed by atoms with Crippen LogP contribution in [0, 0.1) is 4.91 Å². The minimum absolute atomic E-state index is 0.429. The molecule has 2 N–H and O–H groups in total. The van der Waals surface area contributed by atoms with Gasteiger partial charge < -0.3 is 0 Å². The van der Waals surface area contributed by atoms with E-state index in [1.807, 2.05) is 0 Å². The summed E-state index contributed by atoms with van der Waals surface area (Å²) < 4.78 is 0. The van der Waals surface area contributed by atoms with Crippen molar-refractivity contribution in [3.8, 4) is 0 Å². The number of nitroso groups, excluding NO2 is 1. The first-order chi connectivity index (χ1) is 4.87. The molecule has 0 fully saturated rings. The molecule has 0 radical (unpaired) electrons. The van der Waals surface area contributed by atoms with Crippen molar-refractivity contribution in [2.45, 2.75) is 17.3 Å². The first-order valence-corrected chi connectivity index (χ1v) is 11.0. The Balaban J connectivity index is 4.10. The van der Waals surface area contributed by atoms with Gasteiger partial charge in [-0.15, -0.1) is 0 Å². The van der Waals surface area contributed by atoms with Crippen LogP contribution in [0.5, 0.6) is 0 Å². The maximum absolute atomic E-state index is 10.5. The second-order valence-electron chi connectivity index (χ2n) is 3.54. The molecular weight excluding hydrogens is 207 g/mol. The molecule has 0 aromatic rings. The van der Waals surface area contributed by atoms with Gasteiger partial charge in [0.05, 0.1) is 0 Å². The van der Waals surface area contributed by atoms with Gasteiger partial charge in [0.25, 0.3) is 0 Å². The number of carbonyl (C=O) groups is 1. The van der Waals surface area contributed by atoms with Crippen LogP contribution in [0.2, 0.25) is 17.3 Å². The SMILES string of the molecule is [CH3][Ge]([CH3])([CH3])[CH2]N(N=O)C(N)=O. The molecule has 0 atom stereocenters. The molecule has 0 aliphatic carbocycles. The number of nitrogens with two attached hydrogens (primary N) is 1. The predicted octanol–water partition coefficient (Wildman–Crippen LogP) is 0.926. The summed E-state index contributed by atoms with van der Waals surface area (Å²) in [5, 5.41) is 3.75. The molecule has 0 spiro atoms. The van der Waals surface area contributed by atoms with Crippen molar-refractivity contribution >= 4 is 19.3 Å². The van der Waals surface area contributed by atoms with Crippen molar-refractivity contribution in [1.29, 1.82) is 0 Å². The molecule has 0 aromatic carbocycles. The standard InChI is InChI=1S/C5H13GeN3O2/c1-6(2,3)4-9(8-11)5(7)10/h4H2,1-3H3,(H2,7,10). The number of amides is 2. The molecule has 0 unspecified atom stereocenters. The van der Waals surface area contributed by atoms with E-state index < -0.39 is 19.3 Å². The van der Waals surface area contributed by atoms with E-state index in [2.05, 4.69) is 22.6 Å². The molecular formula is C5H13GeN3O2. The van der Waals surface area contributed by atoms with Gasteiger partial charge in [-0.1, -0.05) is 0 Å². The summed E-state index contributed by atoms with van der Waals surface area (Å²) in [5.74, 6) is 6.21. The van der Waals surface area contributed by atoms with Crippen molar-refractivity contribution in [1.82, 2.24) is 5.01 Å². The first-order valence-electron chi connectivity index (χ1n) is 3.27. The van der Waals surface area contributed by atoms with Gasteiger partial charge in [-0.05, 0) is 0 Å². The zero-order chi connectivity index (χ0) is 9.07. The van der Waals surface area contributed by atoms with Crippen LogP contribution in [-0.4, -0.2) is 29.7 Å². The Hall–Kier alpha value is -0.587. The zero-order valence-electron chi connectivity index (χ0n) is 7.00. The Bertz CT molecular complexity index is 166. The first kappa shape index (κ1) is 10.4. The molecule has 2 amide bonds. The molecule has 6 heteroatoms. The quantitative estimate of drug-likeness (QED) is 0.436. The van der Waals surface area contributed by atoms with Crippen molar-refractivity contribution < 1.29 is 4.79 Å². The van der Waals surface area contributed by atoms with Gasteiger partial charge in [-0.3, -0.25) is 0 Å². The van der Waals surface area contributed by atoms with Crippen molar-refractivity contribution in [2.75, 3.05) is 5.38 Å². The fourth-order valence-electron chi connectivity index (χ4n) is 0.596. The summed E-state index contributed by atoms with van der Waals surface area (Å²) in [6, 6.07) is -0.763. The van der Waals surface area contributed by atoms with E-state index in [4.69, 9.17) is 5.73 Å². The number of nitrogens with zero attached hydrogens (tertiary/aromatic N) is 2. The molecule has 0 rings (SSSR count). The van der Waals surface area contributed by atoms with E-state index in [1.165, 1.54) is 0 Å². The van der Waals surface area contributed by atoms with Crippen LogP contribution >= 0.6 is 0 Å². The summed E-state index contributed by atoms with van der Waals surface area (Å²) in [7, 11) is 0. The Morgan fingerprint density at radius 2 is 2.00 bits per heavy atom. The Labute approximate surface area is 68.2 Å². The van der Waals surface area contributed by atoms with Crippen LogP contribution in [0.15, 0.2) is 5.29 Å². The number of carbonyl (C=O) groups excluding carboxylic acids is 1. The van der Waals surface area contributed by atoms with Crippen molar-refractivity contribution in [2.24, 2.45) is 11.0 Å². The van der Waals surface area contributed by atoms with Gasteiger partial charge in [-0.2, -0.15) is 0 Å². The van der Waals surface area contributed by atoms with Gasteiger partial charge in [0.2, 0.25) is 0 Å². The molecule has 0 bridgehead atoms. The average molecular weight is 220 g/mol. The number of urea groups is 1. The fraction of sp³-hybridized carbons (Fsp3) is 0.800. The van der Waals surface area contributed by atoms with Crippen LogP contribution < -0.4 is 5.73 Å². The monoisotopic (exact) mass is 221 g/mol. The molecule has 5 nitrogen and oxygen atoms in total. The third kappa shape index (κ3) is 4.77. The van der Waals surface area contributed by atoms with Crippen LogP contribution in [0.3, 0.4) is 0 Å². The normalized spacial score (nSPS) is 10.8. The Kier molecular flexibility index (Phi) is 3.51. The molecule has 0 saturated carbocycles. The Morgan fingerprint density at radius 1 is 1.55 bits per heavy atom. The molecule has 11 heavy (non-hydrogen) atoms. The maximum atomic E-state index is 10.5.